The van der Waals surface area contributed by atoms with Gasteiger partial charge in [-0.3, -0.25) is 0 Å². The first-order valence-electron chi connectivity index (χ1n) is 9.88. The van der Waals surface area contributed by atoms with Crippen molar-refractivity contribution in [2.75, 3.05) is 0 Å². The van der Waals surface area contributed by atoms with Crippen LogP contribution >= 0.6 is 0 Å². The normalized spacial score (nSPS) is 12.5. The molecule has 0 aromatic heterocycles. The van der Waals surface area contributed by atoms with Crippen LogP contribution in [0.3, 0.4) is 0 Å². The monoisotopic (exact) mass is 400 g/mol. The Labute approximate surface area is 175 Å². The van der Waals surface area contributed by atoms with Crippen molar-refractivity contribution in [1.29, 1.82) is 0 Å². The second-order valence-corrected chi connectivity index (χ2v) is 7.39. The van der Waals surface area contributed by atoms with E-state index in [9.17, 15) is 13.9 Å². The Hall–Kier alpha value is -3.30. The fraction of sp³-hybridized carbons (Fsp3) is 0.111. The van der Waals surface area contributed by atoms with Gasteiger partial charge in [0.15, 0.2) is 0 Å². The first-order valence-corrected chi connectivity index (χ1v) is 9.88. The molecule has 3 heteroatoms. The molecule has 0 aliphatic carbocycles. The summed E-state index contributed by atoms with van der Waals surface area (Å²) in [5, 5.41) is 10.4. The van der Waals surface area contributed by atoms with E-state index in [1.807, 2.05) is 72.8 Å². The zero-order valence-electron chi connectivity index (χ0n) is 16.4. The zero-order valence-corrected chi connectivity index (χ0v) is 16.4. The molecule has 0 unspecified atom stereocenters. The lowest BCUT2D eigenvalue weighted by Crippen LogP contribution is -2.29. The van der Waals surface area contributed by atoms with Crippen molar-refractivity contribution in [1.82, 2.24) is 0 Å². The van der Waals surface area contributed by atoms with Crippen LogP contribution in [0.5, 0.6) is 0 Å². The largest absolute Gasteiger partial charge is 0.382 e. The third-order valence-electron chi connectivity index (χ3n) is 5.23. The Bertz CT molecular complexity index is 1070. The van der Waals surface area contributed by atoms with Crippen molar-refractivity contribution in [2.45, 2.75) is 18.4 Å². The average molecular weight is 400 g/mol. The molecule has 4 aromatic rings. The molecule has 0 aliphatic rings. The highest BCUT2D eigenvalue weighted by Gasteiger charge is 2.39. The maximum absolute atomic E-state index is 14.8. The number of benzene rings is 4. The lowest BCUT2D eigenvalue weighted by Gasteiger charge is -2.23. The average Bonchev–Trinajstić information content (AvgIpc) is 2.80. The van der Waals surface area contributed by atoms with Crippen molar-refractivity contribution in [3.63, 3.8) is 0 Å². The van der Waals surface area contributed by atoms with E-state index < -0.39 is 18.4 Å². The van der Waals surface area contributed by atoms with Crippen LogP contribution in [0.2, 0.25) is 0 Å². The van der Waals surface area contributed by atoms with Crippen LogP contribution in [0.15, 0.2) is 109 Å². The molecule has 0 bridgehead atoms. The number of halogens is 2. The first-order chi connectivity index (χ1) is 14.5. The van der Waals surface area contributed by atoms with Crippen molar-refractivity contribution >= 4 is 0 Å². The van der Waals surface area contributed by atoms with Gasteiger partial charge in [0.05, 0.1) is 0 Å². The van der Waals surface area contributed by atoms with Crippen LogP contribution in [-0.2, 0) is 6.42 Å². The summed E-state index contributed by atoms with van der Waals surface area (Å²) in [6, 6.07) is 33.2. The van der Waals surface area contributed by atoms with Crippen molar-refractivity contribution in [2.24, 2.45) is 0 Å². The molecular formula is C27H22F2O. The number of alkyl halides is 2. The summed E-state index contributed by atoms with van der Waals surface area (Å²) < 4.78 is 29.6. The number of aliphatic hydroxyl groups is 1. The molecule has 30 heavy (non-hydrogen) atoms. The Morgan fingerprint density at radius 2 is 0.967 bits per heavy atom. The summed E-state index contributed by atoms with van der Waals surface area (Å²) in [6.45, 7) is 0. The van der Waals surface area contributed by atoms with E-state index in [1.165, 1.54) is 0 Å². The summed E-state index contributed by atoms with van der Waals surface area (Å²) >= 11 is 0. The van der Waals surface area contributed by atoms with Gasteiger partial charge in [-0.25, -0.2) is 8.78 Å². The van der Waals surface area contributed by atoms with Gasteiger partial charge in [-0.05, 0) is 33.4 Å². The topological polar surface area (TPSA) is 20.2 Å². The van der Waals surface area contributed by atoms with Crippen LogP contribution < -0.4 is 0 Å². The van der Waals surface area contributed by atoms with Gasteiger partial charge in [-0.1, -0.05) is 109 Å². The molecule has 0 amide bonds. The van der Waals surface area contributed by atoms with E-state index in [4.69, 9.17) is 0 Å². The standard InChI is InChI=1S/C27H22F2O/c28-27(29,19-20-11-13-23(14-12-20)21-7-3-1-4-8-21)26(30)25-17-15-24(16-18-25)22-9-5-2-6-10-22/h1-18,26,30H,19H2/t26-/m1/s1. The molecule has 0 aliphatic heterocycles. The Morgan fingerprint density at radius 3 is 1.43 bits per heavy atom. The Balaban J connectivity index is 1.47. The van der Waals surface area contributed by atoms with Crippen molar-refractivity contribution in [3.05, 3.63) is 120 Å². The van der Waals surface area contributed by atoms with Gasteiger partial charge in [0.1, 0.15) is 6.10 Å². The molecule has 4 aromatic carbocycles. The van der Waals surface area contributed by atoms with Crippen molar-refractivity contribution < 1.29 is 13.9 Å². The van der Waals surface area contributed by atoms with Crippen LogP contribution in [0.25, 0.3) is 22.3 Å². The summed E-state index contributed by atoms with van der Waals surface area (Å²) in [5.41, 5.74) is 4.63. The summed E-state index contributed by atoms with van der Waals surface area (Å²) in [4.78, 5) is 0. The van der Waals surface area contributed by atoms with E-state index in [0.717, 1.165) is 22.3 Å². The highest BCUT2D eigenvalue weighted by Crippen LogP contribution is 2.35. The van der Waals surface area contributed by atoms with Gasteiger partial charge in [-0.15, -0.1) is 0 Å². The van der Waals surface area contributed by atoms with E-state index in [-0.39, 0.29) is 5.56 Å². The predicted molar refractivity (Wildman–Crippen MR) is 117 cm³/mol. The molecule has 4 rings (SSSR count). The highest BCUT2D eigenvalue weighted by molar-refractivity contribution is 5.64. The lowest BCUT2D eigenvalue weighted by molar-refractivity contribution is -0.109. The first kappa shape index (κ1) is 20.0. The molecule has 1 atom stereocenters. The van der Waals surface area contributed by atoms with Gasteiger partial charge in [-0.2, -0.15) is 0 Å². The quantitative estimate of drug-likeness (QED) is 0.372. The lowest BCUT2D eigenvalue weighted by atomic mass is 9.95. The van der Waals surface area contributed by atoms with E-state index >= 15 is 0 Å². The fourth-order valence-corrected chi connectivity index (χ4v) is 3.55. The summed E-state index contributed by atoms with van der Waals surface area (Å²) in [6.07, 6.45) is -2.39. The molecule has 0 spiro atoms. The van der Waals surface area contributed by atoms with Gasteiger partial charge < -0.3 is 5.11 Å². The molecule has 0 radical (unpaired) electrons. The van der Waals surface area contributed by atoms with E-state index in [2.05, 4.69) is 0 Å². The molecule has 0 heterocycles. The van der Waals surface area contributed by atoms with Gasteiger partial charge >= 0.3 is 0 Å². The van der Waals surface area contributed by atoms with Crippen molar-refractivity contribution in [3.8, 4) is 22.3 Å². The fourth-order valence-electron chi connectivity index (χ4n) is 3.55. The molecular weight excluding hydrogens is 378 g/mol. The van der Waals surface area contributed by atoms with E-state index in [0.29, 0.717) is 5.56 Å². The SMILES string of the molecule is O[C@H](c1ccc(-c2ccccc2)cc1)C(F)(F)Cc1ccc(-c2ccccc2)cc1. The van der Waals surface area contributed by atoms with Gasteiger partial charge in [0, 0.05) is 6.42 Å². The van der Waals surface area contributed by atoms with Crippen LogP contribution in [0.4, 0.5) is 8.78 Å². The highest BCUT2D eigenvalue weighted by atomic mass is 19.3. The zero-order chi connectivity index (χ0) is 21.0. The molecule has 0 fully saturated rings. The minimum Gasteiger partial charge on any atom is -0.382 e. The Kier molecular flexibility index (Phi) is 5.73. The third kappa shape index (κ3) is 4.47. The van der Waals surface area contributed by atoms with Gasteiger partial charge in [0.25, 0.3) is 5.92 Å². The molecule has 1 N–H and O–H groups in total. The maximum Gasteiger partial charge on any atom is 0.281 e. The minimum atomic E-state index is -3.28. The van der Waals surface area contributed by atoms with Crippen LogP contribution in [0.1, 0.15) is 17.2 Å². The maximum atomic E-state index is 14.8. The number of hydrogen-bond donors (Lipinski definition) is 1. The third-order valence-corrected chi connectivity index (χ3v) is 5.23. The van der Waals surface area contributed by atoms with Crippen LogP contribution in [0, 0.1) is 0 Å². The predicted octanol–water partition coefficient (Wildman–Crippen LogP) is 6.93. The van der Waals surface area contributed by atoms with E-state index in [1.54, 1.807) is 36.4 Å². The van der Waals surface area contributed by atoms with Crippen LogP contribution in [-0.4, -0.2) is 11.0 Å². The minimum absolute atomic E-state index is 0.209. The number of aliphatic hydroxyl groups excluding tert-OH is 1. The molecule has 0 saturated heterocycles. The second kappa shape index (κ2) is 8.60. The molecule has 1 nitrogen and oxygen atoms in total. The Morgan fingerprint density at radius 1 is 0.567 bits per heavy atom. The second-order valence-electron chi connectivity index (χ2n) is 7.39. The van der Waals surface area contributed by atoms with Gasteiger partial charge in [0.2, 0.25) is 0 Å². The summed E-state index contributed by atoms with van der Waals surface area (Å²) in [5.74, 6) is -3.28. The summed E-state index contributed by atoms with van der Waals surface area (Å²) in [7, 11) is 0. The number of hydrogen-bond acceptors (Lipinski definition) is 1. The number of rotatable bonds is 6. The smallest absolute Gasteiger partial charge is 0.281 e. The molecule has 0 saturated carbocycles. The molecule has 150 valence electrons.